The fraction of sp³-hybridized carbons (Fsp3) is 0.459. The van der Waals surface area contributed by atoms with Crippen LogP contribution < -0.4 is 0 Å². The standard InChI is InChI=1S/C37H46N6O4/c1-23-10-19-31(43(23)35(45)47-37(5,6)7)33-39-22-29(41-33)27-17-13-25(14-18-27)24-11-15-26(16-12-24)28-21-38-32(40-28)30-9-8-20-42(30)34(44)46-36(2,3)4/h11-18,21-23,30-31H,8-10,19-20H2,1-7H3,(H,38,40)(H,39,41). The number of rotatable bonds is 5. The second kappa shape index (κ2) is 12.5. The Labute approximate surface area is 276 Å². The second-order valence-corrected chi connectivity index (χ2v) is 14.7. The molecule has 4 aromatic rings. The number of carbonyl (C=O) groups excluding carboxylic acids is 2. The first-order valence-corrected chi connectivity index (χ1v) is 16.6. The molecule has 2 aromatic heterocycles. The Hall–Kier alpha value is -4.60. The quantitative estimate of drug-likeness (QED) is 0.226. The third kappa shape index (κ3) is 7.21. The third-order valence-corrected chi connectivity index (χ3v) is 8.70. The third-order valence-electron chi connectivity index (χ3n) is 8.70. The molecular weight excluding hydrogens is 592 g/mol. The summed E-state index contributed by atoms with van der Waals surface area (Å²) in [7, 11) is 0. The highest BCUT2D eigenvalue weighted by Gasteiger charge is 2.39. The highest BCUT2D eigenvalue weighted by atomic mass is 16.6. The van der Waals surface area contributed by atoms with Crippen molar-refractivity contribution >= 4 is 12.2 Å². The number of likely N-dealkylation sites (tertiary alicyclic amines) is 2. The molecule has 4 heterocycles. The Kier molecular flexibility index (Phi) is 8.63. The SMILES string of the molecule is CC1CCC(c2ncc(-c3ccc(-c4ccc(-c5cnc(C6CCCN6C(=O)OC(C)(C)C)[nH]5)cc4)cc3)[nH]2)N1C(=O)OC(C)(C)C. The van der Waals surface area contributed by atoms with Crippen LogP contribution in [0.2, 0.25) is 0 Å². The van der Waals surface area contributed by atoms with Gasteiger partial charge in [-0.05, 0) is 96.4 Å². The van der Waals surface area contributed by atoms with Crippen molar-refractivity contribution in [2.45, 2.75) is 103 Å². The summed E-state index contributed by atoms with van der Waals surface area (Å²) in [6.07, 6.45) is 6.60. The van der Waals surface area contributed by atoms with E-state index in [4.69, 9.17) is 9.47 Å². The van der Waals surface area contributed by atoms with Crippen molar-refractivity contribution in [1.29, 1.82) is 0 Å². The number of H-pyrrole nitrogens is 2. The fourth-order valence-electron chi connectivity index (χ4n) is 6.45. The van der Waals surface area contributed by atoms with E-state index in [1.807, 2.05) is 58.8 Å². The van der Waals surface area contributed by atoms with Crippen LogP contribution in [0.1, 0.15) is 97.9 Å². The zero-order valence-electron chi connectivity index (χ0n) is 28.5. The van der Waals surface area contributed by atoms with E-state index in [2.05, 4.69) is 75.4 Å². The van der Waals surface area contributed by atoms with Crippen molar-refractivity contribution in [2.24, 2.45) is 0 Å². The van der Waals surface area contributed by atoms with Crippen molar-refractivity contribution in [3.8, 4) is 33.6 Å². The molecule has 2 aliphatic heterocycles. The number of carbonyl (C=O) groups is 2. The van der Waals surface area contributed by atoms with Gasteiger partial charge in [0, 0.05) is 12.6 Å². The zero-order valence-corrected chi connectivity index (χ0v) is 28.5. The maximum absolute atomic E-state index is 13.0. The van der Waals surface area contributed by atoms with Gasteiger partial charge >= 0.3 is 12.2 Å². The summed E-state index contributed by atoms with van der Waals surface area (Å²) in [5, 5.41) is 0. The molecule has 10 heteroatoms. The molecule has 2 N–H and O–H groups in total. The van der Waals surface area contributed by atoms with E-state index in [1.165, 1.54) is 0 Å². The van der Waals surface area contributed by atoms with Gasteiger partial charge in [-0.1, -0.05) is 48.5 Å². The minimum Gasteiger partial charge on any atom is -0.444 e. The predicted molar refractivity (Wildman–Crippen MR) is 181 cm³/mol. The van der Waals surface area contributed by atoms with Crippen molar-refractivity contribution < 1.29 is 19.1 Å². The maximum Gasteiger partial charge on any atom is 0.411 e. The smallest absolute Gasteiger partial charge is 0.411 e. The summed E-state index contributed by atoms with van der Waals surface area (Å²) in [4.78, 5) is 45.6. The Balaban J connectivity index is 1.12. The van der Waals surface area contributed by atoms with Gasteiger partial charge in [0.1, 0.15) is 22.9 Å². The highest BCUT2D eigenvalue weighted by Crippen LogP contribution is 2.37. The molecule has 2 aliphatic rings. The molecule has 2 aromatic carbocycles. The predicted octanol–water partition coefficient (Wildman–Crippen LogP) is 8.67. The van der Waals surface area contributed by atoms with Gasteiger partial charge in [0.25, 0.3) is 0 Å². The largest absolute Gasteiger partial charge is 0.444 e. The van der Waals surface area contributed by atoms with Crippen molar-refractivity contribution in [3.05, 3.63) is 72.6 Å². The van der Waals surface area contributed by atoms with E-state index < -0.39 is 11.2 Å². The number of aromatic amines is 2. The molecule has 0 spiro atoms. The number of benzene rings is 2. The summed E-state index contributed by atoms with van der Waals surface area (Å²) in [6.45, 7) is 14.0. The molecule has 2 saturated heterocycles. The molecule has 0 radical (unpaired) electrons. The van der Waals surface area contributed by atoms with Crippen LogP contribution in [0.3, 0.4) is 0 Å². The van der Waals surface area contributed by atoms with Crippen LogP contribution >= 0.6 is 0 Å². The summed E-state index contributed by atoms with van der Waals surface area (Å²) >= 11 is 0. The van der Waals surface area contributed by atoms with Gasteiger partial charge in [-0.3, -0.25) is 9.80 Å². The summed E-state index contributed by atoms with van der Waals surface area (Å²) in [5.74, 6) is 1.56. The molecule has 10 nitrogen and oxygen atoms in total. The zero-order chi connectivity index (χ0) is 33.5. The van der Waals surface area contributed by atoms with Crippen LogP contribution in [0, 0.1) is 0 Å². The van der Waals surface area contributed by atoms with Gasteiger partial charge < -0.3 is 19.4 Å². The molecule has 0 aliphatic carbocycles. The van der Waals surface area contributed by atoms with Crippen molar-refractivity contribution in [3.63, 3.8) is 0 Å². The first-order valence-electron chi connectivity index (χ1n) is 16.6. The average molecular weight is 639 g/mol. The Bertz CT molecular complexity index is 1710. The molecule has 6 rings (SSSR count). The molecule has 2 fully saturated rings. The molecule has 2 amide bonds. The minimum atomic E-state index is -0.551. The number of amides is 2. The monoisotopic (exact) mass is 638 g/mol. The van der Waals surface area contributed by atoms with Gasteiger partial charge in [0.2, 0.25) is 0 Å². The molecular formula is C37H46N6O4. The van der Waals surface area contributed by atoms with Gasteiger partial charge in [-0.25, -0.2) is 19.6 Å². The lowest BCUT2D eigenvalue weighted by Gasteiger charge is -2.30. The van der Waals surface area contributed by atoms with E-state index in [0.29, 0.717) is 6.54 Å². The maximum atomic E-state index is 13.0. The van der Waals surface area contributed by atoms with Crippen molar-refractivity contribution in [2.75, 3.05) is 6.54 Å². The van der Waals surface area contributed by atoms with Gasteiger partial charge in [0.05, 0.1) is 35.9 Å². The molecule has 0 bridgehead atoms. The van der Waals surface area contributed by atoms with Crippen LogP contribution in [0.15, 0.2) is 60.9 Å². The minimum absolute atomic E-state index is 0.0891. The lowest BCUT2D eigenvalue weighted by molar-refractivity contribution is 0.0150. The first kappa shape index (κ1) is 32.3. The Morgan fingerprint density at radius 2 is 1.15 bits per heavy atom. The van der Waals surface area contributed by atoms with E-state index in [9.17, 15) is 9.59 Å². The number of nitrogens with one attached hydrogen (secondary N) is 2. The van der Waals surface area contributed by atoms with Crippen LogP contribution in [0.25, 0.3) is 33.6 Å². The van der Waals surface area contributed by atoms with Gasteiger partial charge in [-0.15, -0.1) is 0 Å². The molecule has 0 saturated carbocycles. The van der Waals surface area contributed by atoms with E-state index in [-0.39, 0.29) is 30.3 Å². The Morgan fingerprint density at radius 1 is 0.681 bits per heavy atom. The van der Waals surface area contributed by atoms with E-state index in [1.54, 1.807) is 4.90 Å². The van der Waals surface area contributed by atoms with Crippen LogP contribution in [0.5, 0.6) is 0 Å². The number of ether oxygens (including phenoxy) is 2. The summed E-state index contributed by atoms with van der Waals surface area (Å²) in [5.41, 5.74) is 4.99. The number of nitrogens with zero attached hydrogens (tertiary/aromatic N) is 4. The molecule has 3 atom stereocenters. The van der Waals surface area contributed by atoms with Crippen LogP contribution in [0.4, 0.5) is 9.59 Å². The Morgan fingerprint density at radius 3 is 1.66 bits per heavy atom. The van der Waals surface area contributed by atoms with Crippen molar-refractivity contribution in [1.82, 2.24) is 29.7 Å². The fourth-order valence-corrected chi connectivity index (χ4v) is 6.45. The number of hydrogen-bond donors (Lipinski definition) is 2. The van der Waals surface area contributed by atoms with Gasteiger partial charge in [-0.2, -0.15) is 0 Å². The number of hydrogen-bond acceptors (Lipinski definition) is 6. The molecule has 248 valence electrons. The second-order valence-electron chi connectivity index (χ2n) is 14.7. The normalized spacial score (nSPS) is 20.1. The topological polar surface area (TPSA) is 116 Å². The summed E-state index contributed by atoms with van der Waals surface area (Å²) < 4.78 is 11.3. The van der Waals surface area contributed by atoms with Crippen LogP contribution in [-0.4, -0.2) is 65.7 Å². The highest BCUT2D eigenvalue weighted by molar-refractivity contribution is 5.72. The molecule has 47 heavy (non-hydrogen) atoms. The lowest BCUT2D eigenvalue weighted by Crippen LogP contribution is -2.40. The van der Waals surface area contributed by atoms with Crippen LogP contribution in [-0.2, 0) is 9.47 Å². The van der Waals surface area contributed by atoms with E-state index >= 15 is 0 Å². The van der Waals surface area contributed by atoms with Gasteiger partial charge in [0.15, 0.2) is 0 Å². The number of aromatic nitrogens is 4. The average Bonchev–Trinajstić information content (AvgIpc) is 3.81. The van der Waals surface area contributed by atoms with E-state index in [0.717, 1.165) is 71.0 Å². The number of imidazole rings is 2. The first-order chi connectivity index (χ1) is 22.3. The molecule has 3 unspecified atom stereocenters. The lowest BCUT2D eigenvalue weighted by atomic mass is 10.0. The summed E-state index contributed by atoms with van der Waals surface area (Å²) in [6, 6.07) is 16.6.